The third kappa shape index (κ3) is 8.04. The van der Waals surface area contributed by atoms with Gasteiger partial charge in [0.2, 0.25) is 11.8 Å². The zero-order valence-corrected chi connectivity index (χ0v) is 21.6. The molecule has 3 fully saturated rings. The van der Waals surface area contributed by atoms with E-state index in [1.54, 1.807) is 0 Å². The molecule has 2 amide bonds. The number of benzene rings is 1. The lowest BCUT2D eigenvalue weighted by atomic mass is 9.84. The average Bonchev–Trinajstić information content (AvgIpc) is 2.89. The molecule has 1 unspecified atom stereocenters. The molecule has 1 saturated heterocycles. The molecule has 4 rings (SSSR count). The first-order valence-corrected chi connectivity index (χ1v) is 14.0. The summed E-state index contributed by atoms with van der Waals surface area (Å²) in [6, 6.07) is 10.7. The quantitative estimate of drug-likeness (QED) is 0.566. The van der Waals surface area contributed by atoms with Crippen LogP contribution in [0, 0.1) is 11.8 Å². The van der Waals surface area contributed by atoms with Gasteiger partial charge >= 0.3 is 0 Å². The lowest BCUT2D eigenvalue weighted by molar-refractivity contribution is -0.140. The molecule has 3 aliphatic rings. The number of nitrogens with zero attached hydrogens (tertiary/aromatic N) is 2. The predicted octanol–water partition coefficient (Wildman–Crippen LogP) is 4.38. The second-order valence-corrected chi connectivity index (χ2v) is 11.0. The molecular formula is C29H45N3O3. The number of hydrogen-bond donors (Lipinski definition) is 1. The third-order valence-corrected chi connectivity index (χ3v) is 8.28. The Morgan fingerprint density at radius 3 is 2.37 bits per heavy atom. The Bertz CT molecular complexity index is 782. The first-order chi connectivity index (χ1) is 17.1. The third-order valence-electron chi connectivity index (χ3n) is 8.28. The monoisotopic (exact) mass is 483 g/mol. The summed E-state index contributed by atoms with van der Waals surface area (Å²) in [5, 5.41) is 3.29. The molecule has 1 N–H and O–H groups in total. The molecule has 0 spiro atoms. The standard InChI is InChI=1S/C29H45N3O3/c1-23(21-31-16-18-35-19-17-31)32(22-25-10-6-3-7-11-25)29(34)26-12-14-27(15-13-26)30-28(33)20-24-8-4-2-5-9-24/h3,6-7,10-11,23-24,26-27H,2,4-5,8-9,12-22H2,1H3,(H,30,33). The van der Waals surface area contributed by atoms with Crippen molar-refractivity contribution in [1.82, 2.24) is 15.1 Å². The van der Waals surface area contributed by atoms with Crippen LogP contribution in [0.25, 0.3) is 0 Å². The Hall–Kier alpha value is -1.92. The fourth-order valence-electron chi connectivity index (χ4n) is 6.15. The van der Waals surface area contributed by atoms with Crippen molar-refractivity contribution >= 4 is 11.8 Å². The summed E-state index contributed by atoms with van der Waals surface area (Å²) < 4.78 is 5.51. The molecule has 1 atom stereocenters. The van der Waals surface area contributed by atoms with Crippen molar-refractivity contribution in [2.75, 3.05) is 32.8 Å². The minimum atomic E-state index is 0.0531. The number of rotatable bonds is 9. The van der Waals surface area contributed by atoms with Crippen LogP contribution in [-0.4, -0.2) is 66.5 Å². The van der Waals surface area contributed by atoms with E-state index in [0.717, 1.165) is 58.5 Å². The first-order valence-electron chi connectivity index (χ1n) is 14.0. The molecule has 6 nitrogen and oxygen atoms in total. The average molecular weight is 484 g/mol. The van der Waals surface area contributed by atoms with Gasteiger partial charge in [0.1, 0.15) is 0 Å². The van der Waals surface area contributed by atoms with Crippen molar-refractivity contribution in [2.24, 2.45) is 11.8 Å². The van der Waals surface area contributed by atoms with Gasteiger partial charge in [-0.15, -0.1) is 0 Å². The molecule has 0 bridgehead atoms. The van der Waals surface area contributed by atoms with E-state index in [2.05, 4.69) is 34.2 Å². The number of nitrogens with one attached hydrogen (secondary N) is 1. The summed E-state index contributed by atoms with van der Waals surface area (Å²) in [7, 11) is 0. The number of carbonyl (C=O) groups is 2. The van der Waals surface area contributed by atoms with Gasteiger partial charge in [0.25, 0.3) is 0 Å². The Morgan fingerprint density at radius 2 is 1.69 bits per heavy atom. The van der Waals surface area contributed by atoms with Crippen molar-refractivity contribution in [1.29, 1.82) is 0 Å². The zero-order valence-electron chi connectivity index (χ0n) is 21.6. The van der Waals surface area contributed by atoms with Crippen molar-refractivity contribution in [3.63, 3.8) is 0 Å². The zero-order chi connectivity index (χ0) is 24.5. The Kier molecular flexibility index (Phi) is 10.0. The SMILES string of the molecule is CC(CN1CCOCC1)N(Cc1ccccc1)C(=O)C1CCC(NC(=O)CC2CCCCC2)CC1. The summed E-state index contributed by atoms with van der Waals surface area (Å²) in [6.45, 7) is 7.14. The minimum absolute atomic E-state index is 0.0531. The molecule has 0 radical (unpaired) electrons. The van der Waals surface area contributed by atoms with Crippen LogP contribution in [0.3, 0.4) is 0 Å². The molecular weight excluding hydrogens is 438 g/mol. The van der Waals surface area contributed by atoms with Crippen LogP contribution >= 0.6 is 0 Å². The van der Waals surface area contributed by atoms with Crippen molar-refractivity contribution in [3.05, 3.63) is 35.9 Å². The van der Waals surface area contributed by atoms with Gasteiger partial charge in [-0.25, -0.2) is 0 Å². The largest absolute Gasteiger partial charge is 0.379 e. The Balaban J connectivity index is 1.30. The van der Waals surface area contributed by atoms with Gasteiger partial charge in [-0.1, -0.05) is 49.6 Å². The topological polar surface area (TPSA) is 61.9 Å². The van der Waals surface area contributed by atoms with Gasteiger partial charge in [0, 0.05) is 50.6 Å². The molecule has 6 heteroatoms. The molecule has 2 aliphatic carbocycles. The number of ether oxygens (including phenoxy) is 1. The lowest BCUT2D eigenvalue weighted by Crippen LogP contribution is -2.50. The van der Waals surface area contributed by atoms with Crippen LogP contribution in [0.1, 0.15) is 76.7 Å². The molecule has 194 valence electrons. The molecule has 2 saturated carbocycles. The smallest absolute Gasteiger partial charge is 0.226 e. The number of amides is 2. The fourth-order valence-corrected chi connectivity index (χ4v) is 6.15. The molecule has 1 aliphatic heterocycles. The first kappa shape index (κ1) is 26.2. The highest BCUT2D eigenvalue weighted by molar-refractivity contribution is 5.79. The number of carbonyl (C=O) groups excluding carboxylic acids is 2. The van der Waals surface area contributed by atoms with Crippen LogP contribution in [0.4, 0.5) is 0 Å². The van der Waals surface area contributed by atoms with Gasteiger partial charge in [-0.2, -0.15) is 0 Å². The highest BCUT2D eigenvalue weighted by atomic mass is 16.5. The molecule has 0 aromatic heterocycles. The predicted molar refractivity (Wildman–Crippen MR) is 139 cm³/mol. The molecule has 1 aromatic rings. The molecule has 35 heavy (non-hydrogen) atoms. The van der Waals surface area contributed by atoms with Crippen molar-refractivity contribution in [3.8, 4) is 0 Å². The number of hydrogen-bond acceptors (Lipinski definition) is 4. The van der Waals surface area contributed by atoms with E-state index in [1.165, 1.54) is 37.7 Å². The number of morpholine rings is 1. The summed E-state index contributed by atoms with van der Waals surface area (Å²) >= 11 is 0. The van der Waals surface area contributed by atoms with E-state index in [1.807, 2.05) is 18.2 Å². The van der Waals surface area contributed by atoms with Gasteiger partial charge in [0.05, 0.1) is 13.2 Å². The van der Waals surface area contributed by atoms with E-state index in [0.29, 0.717) is 18.9 Å². The highest BCUT2D eigenvalue weighted by Crippen LogP contribution is 2.29. The van der Waals surface area contributed by atoms with Gasteiger partial charge in [0.15, 0.2) is 0 Å². The Labute approximate surface area is 211 Å². The van der Waals surface area contributed by atoms with Gasteiger partial charge in [-0.05, 0) is 56.9 Å². The Morgan fingerprint density at radius 1 is 1.00 bits per heavy atom. The normalized spacial score (nSPS) is 25.1. The van der Waals surface area contributed by atoms with Crippen LogP contribution in [0.2, 0.25) is 0 Å². The summed E-state index contributed by atoms with van der Waals surface area (Å²) in [6.07, 6.45) is 10.5. The van der Waals surface area contributed by atoms with Gasteiger partial charge in [-0.3, -0.25) is 14.5 Å². The van der Waals surface area contributed by atoms with Crippen LogP contribution < -0.4 is 5.32 Å². The second kappa shape index (κ2) is 13.4. The van der Waals surface area contributed by atoms with E-state index in [-0.39, 0.29) is 29.8 Å². The maximum Gasteiger partial charge on any atom is 0.226 e. The second-order valence-electron chi connectivity index (χ2n) is 11.0. The lowest BCUT2D eigenvalue weighted by Gasteiger charge is -2.38. The van der Waals surface area contributed by atoms with Crippen LogP contribution in [0.15, 0.2) is 30.3 Å². The molecule has 1 heterocycles. The summed E-state index contributed by atoms with van der Waals surface area (Å²) in [4.78, 5) is 30.9. The maximum atomic E-state index is 13.8. The summed E-state index contributed by atoms with van der Waals surface area (Å²) in [5.41, 5.74) is 1.18. The highest BCUT2D eigenvalue weighted by Gasteiger charge is 2.33. The summed E-state index contributed by atoms with van der Waals surface area (Å²) in [5.74, 6) is 1.12. The van der Waals surface area contributed by atoms with Crippen LogP contribution in [0.5, 0.6) is 0 Å². The van der Waals surface area contributed by atoms with Gasteiger partial charge < -0.3 is 15.0 Å². The van der Waals surface area contributed by atoms with E-state index >= 15 is 0 Å². The van der Waals surface area contributed by atoms with E-state index in [9.17, 15) is 9.59 Å². The van der Waals surface area contributed by atoms with E-state index < -0.39 is 0 Å². The van der Waals surface area contributed by atoms with Crippen molar-refractivity contribution < 1.29 is 14.3 Å². The molecule has 1 aromatic carbocycles. The van der Waals surface area contributed by atoms with Crippen molar-refractivity contribution in [2.45, 2.75) is 89.8 Å². The van der Waals surface area contributed by atoms with E-state index in [4.69, 9.17) is 4.74 Å². The van der Waals surface area contributed by atoms with Crippen LogP contribution in [-0.2, 0) is 20.9 Å². The maximum absolute atomic E-state index is 13.8. The fraction of sp³-hybridized carbons (Fsp3) is 0.724. The minimum Gasteiger partial charge on any atom is -0.379 e.